The van der Waals surface area contributed by atoms with Crippen molar-refractivity contribution in [1.82, 2.24) is 14.3 Å². The highest BCUT2D eigenvalue weighted by atomic mass is 32.2. The van der Waals surface area contributed by atoms with Crippen molar-refractivity contribution in [2.45, 2.75) is 24.6 Å². The SMILES string of the molecule is O=C1CN(S(=O)(=O)C2CC2)Cc2[nH]c(-c3ccncc3)c(Nc3ccccc3)c21. The number of nitrogens with one attached hydrogen (secondary N) is 2. The summed E-state index contributed by atoms with van der Waals surface area (Å²) in [6.45, 7) is 0.0530. The summed E-state index contributed by atoms with van der Waals surface area (Å²) in [6.07, 6.45) is 4.72. The highest BCUT2D eigenvalue weighted by Gasteiger charge is 2.43. The number of H-pyrrole nitrogens is 1. The number of hydrogen-bond donors (Lipinski definition) is 2. The fraction of sp³-hybridized carbons (Fsp3) is 0.238. The highest BCUT2D eigenvalue weighted by molar-refractivity contribution is 7.90. The van der Waals surface area contributed by atoms with Gasteiger partial charge in [0.15, 0.2) is 5.78 Å². The van der Waals surface area contributed by atoms with Gasteiger partial charge in [-0.1, -0.05) is 18.2 Å². The Morgan fingerprint density at radius 2 is 1.76 bits per heavy atom. The number of anilines is 2. The Bertz CT molecular complexity index is 1170. The number of carbonyl (C=O) groups is 1. The van der Waals surface area contributed by atoms with Crippen molar-refractivity contribution in [1.29, 1.82) is 0 Å². The van der Waals surface area contributed by atoms with Crippen LogP contribution >= 0.6 is 0 Å². The quantitative estimate of drug-likeness (QED) is 0.675. The Hall–Kier alpha value is -2.97. The zero-order chi connectivity index (χ0) is 20.0. The van der Waals surface area contributed by atoms with Crippen LogP contribution < -0.4 is 5.32 Å². The Balaban J connectivity index is 1.61. The second-order valence-electron chi connectivity index (χ2n) is 7.39. The first-order valence-electron chi connectivity index (χ1n) is 9.53. The van der Waals surface area contributed by atoms with Crippen LogP contribution in [0.3, 0.4) is 0 Å². The normalized spacial score (nSPS) is 17.2. The molecule has 1 fully saturated rings. The third-order valence-electron chi connectivity index (χ3n) is 5.33. The van der Waals surface area contributed by atoms with Gasteiger partial charge in [0, 0.05) is 29.3 Å². The lowest BCUT2D eigenvalue weighted by atomic mass is 10.0. The van der Waals surface area contributed by atoms with Crippen LogP contribution in [0.4, 0.5) is 11.4 Å². The predicted octanol–water partition coefficient (Wildman–Crippen LogP) is 3.31. The van der Waals surface area contributed by atoms with Crippen LogP contribution in [0.2, 0.25) is 0 Å². The van der Waals surface area contributed by atoms with Crippen molar-refractivity contribution in [2.75, 3.05) is 11.9 Å². The van der Waals surface area contributed by atoms with Crippen LogP contribution in [0.15, 0.2) is 54.9 Å². The van der Waals surface area contributed by atoms with Crippen molar-refractivity contribution >= 4 is 27.2 Å². The third-order valence-corrected chi connectivity index (χ3v) is 7.62. The molecular formula is C21H20N4O3S. The molecule has 5 rings (SSSR count). The lowest BCUT2D eigenvalue weighted by Crippen LogP contribution is -2.41. The van der Waals surface area contributed by atoms with Crippen molar-refractivity contribution in [3.63, 3.8) is 0 Å². The molecular weight excluding hydrogens is 388 g/mol. The van der Waals surface area contributed by atoms with Crippen molar-refractivity contribution in [3.05, 3.63) is 66.1 Å². The summed E-state index contributed by atoms with van der Waals surface area (Å²) in [5, 5.41) is 3.02. The number of pyridine rings is 1. The number of rotatable bonds is 5. The lowest BCUT2D eigenvalue weighted by molar-refractivity contribution is 0.0950. The maximum Gasteiger partial charge on any atom is 0.217 e. The summed E-state index contributed by atoms with van der Waals surface area (Å²) in [6, 6.07) is 13.3. The van der Waals surface area contributed by atoms with Gasteiger partial charge in [-0.15, -0.1) is 0 Å². The number of Topliss-reactive ketones (excluding diaryl/α,β-unsaturated/α-hetero) is 1. The molecule has 2 N–H and O–H groups in total. The summed E-state index contributed by atoms with van der Waals surface area (Å²) in [5.41, 5.74) is 4.30. The number of nitrogens with zero attached hydrogens (tertiary/aromatic N) is 2. The van der Waals surface area contributed by atoms with E-state index < -0.39 is 10.0 Å². The van der Waals surface area contributed by atoms with E-state index in [1.54, 1.807) is 12.4 Å². The smallest absolute Gasteiger partial charge is 0.217 e. The average molecular weight is 408 g/mol. The van der Waals surface area contributed by atoms with E-state index in [2.05, 4.69) is 15.3 Å². The monoisotopic (exact) mass is 408 g/mol. The molecule has 0 bridgehead atoms. The standard InChI is InChI=1S/C21H20N4O3S/c26-18-13-25(29(27,28)16-6-7-16)12-17-19(18)21(23-15-4-2-1-3-5-15)20(24-17)14-8-10-22-11-9-14/h1-5,8-11,16,23-24H,6-7,12-13H2. The number of aromatic nitrogens is 2. The van der Waals surface area contributed by atoms with Gasteiger partial charge >= 0.3 is 0 Å². The molecule has 1 saturated carbocycles. The molecule has 1 aliphatic carbocycles. The minimum atomic E-state index is -3.43. The summed E-state index contributed by atoms with van der Waals surface area (Å²) >= 11 is 0. The number of sulfonamides is 1. The number of aromatic amines is 1. The Kier molecular flexibility index (Phi) is 4.25. The minimum Gasteiger partial charge on any atom is -0.355 e. The molecule has 7 nitrogen and oxygen atoms in total. The number of para-hydroxylation sites is 1. The molecule has 1 aliphatic heterocycles. The van der Waals surface area contributed by atoms with Gasteiger partial charge < -0.3 is 10.3 Å². The predicted molar refractivity (Wildman–Crippen MR) is 110 cm³/mol. The number of hydrogen-bond acceptors (Lipinski definition) is 5. The van der Waals surface area contributed by atoms with E-state index in [1.807, 2.05) is 42.5 Å². The molecule has 0 atom stereocenters. The summed E-state index contributed by atoms with van der Waals surface area (Å²) < 4.78 is 26.7. The van der Waals surface area contributed by atoms with Crippen LogP contribution in [0.5, 0.6) is 0 Å². The first kappa shape index (κ1) is 18.1. The van der Waals surface area contributed by atoms with E-state index >= 15 is 0 Å². The maximum atomic E-state index is 13.1. The molecule has 2 aromatic heterocycles. The van der Waals surface area contributed by atoms with Gasteiger partial charge in [0.1, 0.15) is 0 Å². The fourth-order valence-electron chi connectivity index (χ4n) is 3.73. The molecule has 3 aromatic rings. The van der Waals surface area contributed by atoms with Crippen LogP contribution in [0.25, 0.3) is 11.3 Å². The highest BCUT2D eigenvalue weighted by Crippen LogP contribution is 2.40. The van der Waals surface area contributed by atoms with Crippen LogP contribution in [-0.2, 0) is 16.6 Å². The van der Waals surface area contributed by atoms with Gasteiger partial charge in [0.2, 0.25) is 10.0 Å². The van der Waals surface area contributed by atoms with Gasteiger partial charge in [-0.05, 0) is 37.1 Å². The van der Waals surface area contributed by atoms with E-state index in [4.69, 9.17) is 0 Å². The van der Waals surface area contributed by atoms with E-state index in [1.165, 1.54) is 4.31 Å². The van der Waals surface area contributed by atoms with Crippen LogP contribution in [-0.4, -0.2) is 40.3 Å². The topological polar surface area (TPSA) is 95.2 Å². The number of ketones is 1. The van der Waals surface area contributed by atoms with Crippen molar-refractivity contribution in [2.24, 2.45) is 0 Å². The molecule has 0 saturated heterocycles. The van der Waals surface area contributed by atoms with Gasteiger partial charge in [0.05, 0.1) is 35.3 Å². The molecule has 0 radical (unpaired) electrons. The summed E-state index contributed by atoms with van der Waals surface area (Å²) in [7, 11) is -3.43. The summed E-state index contributed by atoms with van der Waals surface area (Å²) in [4.78, 5) is 20.4. The van der Waals surface area contributed by atoms with Crippen molar-refractivity contribution < 1.29 is 13.2 Å². The summed E-state index contributed by atoms with van der Waals surface area (Å²) in [5.74, 6) is -0.203. The molecule has 0 spiro atoms. The Morgan fingerprint density at radius 3 is 2.45 bits per heavy atom. The molecule has 0 unspecified atom stereocenters. The zero-order valence-corrected chi connectivity index (χ0v) is 16.4. The largest absolute Gasteiger partial charge is 0.355 e. The van der Waals surface area contributed by atoms with Gasteiger partial charge in [0.25, 0.3) is 0 Å². The van der Waals surface area contributed by atoms with Crippen LogP contribution in [0, 0.1) is 0 Å². The number of benzene rings is 1. The number of carbonyl (C=O) groups excluding carboxylic acids is 1. The third kappa shape index (κ3) is 3.24. The maximum absolute atomic E-state index is 13.1. The van der Waals surface area contributed by atoms with E-state index in [0.29, 0.717) is 29.8 Å². The van der Waals surface area contributed by atoms with Gasteiger partial charge in [-0.2, -0.15) is 4.31 Å². The average Bonchev–Trinajstić information content (AvgIpc) is 3.53. The molecule has 0 amide bonds. The molecule has 29 heavy (non-hydrogen) atoms. The number of fused-ring (bicyclic) bond motifs is 1. The van der Waals surface area contributed by atoms with E-state index in [-0.39, 0.29) is 24.1 Å². The minimum absolute atomic E-state index is 0.122. The second kappa shape index (κ2) is 6.82. The van der Waals surface area contributed by atoms with Gasteiger partial charge in [-0.3, -0.25) is 9.78 Å². The Morgan fingerprint density at radius 1 is 1.03 bits per heavy atom. The van der Waals surface area contributed by atoms with Crippen molar-refractivity contribution in [3.8, 4) is 11.3 Å². The first-order chi connectivity index (χ1) is 14.0. The fourth-order valence-corrected chi connectivity index (χ4v) is 5.49. The van der Waals surface area contributed by atoms with Gasteiger partial charge in [-0.25, -0.2) is 8.42 Å². The molecule has 2 aliphatic rings. The second-order valence-corrected chi connectivity index (χ2v) is 9.60. The van der Waals surface area contributed by atoms with E-state index in [9.17, 15) is 13.2 Å². The lowest BCUT2D eigenvalue weighted by Gasteiger charge is -2.25. The van der Waals surface area contributed by atoms with Crippen LogP contribution in [0.1, 0.15) is 28.9 Å². The molecule has 3 heterocycles. The molecule has 1 aromatic carbocycles. The Labute approximate surface area is 168 Å². The van der Waals surface area contributed by atoms with E-state index in [0.717, 1.165) is 16.9 Å². The zero-order valence-electron chi connectivity index (χ0n) is 15.6. The molecule has 8 heteroatoms. The molecule has 148 valence electrons. The first-order valence-corrected chi connectivity index (χ1v) is 11.0.